The van der Waals surface area contributed by atoms with Crippen LogP contribution in [0, 0.1) is 12.7 Å². The minimum absolute atomic E-state index is 0.206. The Kier molecular flexibility index (Phi) is 4.57. The highest BCUT2D eigenvalue weighted by atomic mass is 19.1. The van der Waals surface area contributed by atoms with Crippen molar-refractivity contribution in [3.63, 3.8) is 0 Å². The third kappa shape index (κ3) is 3.87. The van der Waals surface area contributed by atoms with E-state index in [1.165, 1.54) is 6.07 Å². The summed E-state index contributed by atoms with van der Waals surface area (Å²) in [5.41, 5.74) is 1.10. The summed E-state index contributed by atoms with van der Waals surface area (Å²) in [4.78, 5) is 16.1. The molecule has 3 rings (SSSR count). The lowest BCUT2D eigenvalue weighted by Crippen LogP contribution is -2.49. The number of para-hydroxylation sites is 1. The van der Waals surface area contributed by atoms with Crippen molar-refractivity contribution in [3.05, 3.63) is 47.6 Å². The number of piperazine rings is 1. The van der Waals surface area contributed by atoms with Gasteiger partial charge in [-0.25, -0.2) is 9.18 Å². The highest BCUT2D eigenvalue weighted by Crippen LogP contribution is 2.14. The normalized spacial score (nSPS) is 15.7. The molecule has 0 spiro atoms. The average molecular weight is 318 g/mol. The average Bonchev–Trinajstić information content (AvgIpc) is 2.95. The van der Waals surface area contributed by atoms with Gasteiger partial charge in [-0.3, -0.25) is 4.90 Å². The van der Waals surface area contributed by atoms with E-state index < -0.39 is 5.82 Å². The minimum Gasteiger partial charge on any atom is -0.361 e. The number of nitrogens with zero attached hydrogens (tertiary/aromatic N) is 3. The van der Waals surface area contributed by atoms with Gasteiger partial charge in [0.25, 0.3) is 0 Å². The maximum absolute atomic E-state index is 13.6. The summed E-state index contributed by atoms with van der Waals surface area (Å²) in [5.74, 6) is 0.365. The zero-order valence-corrected chi connectivity index (χ0v) is 13.0. The van der Waals surface area contributed by atoms with Crippen LogP contribution in [0.15, 0.2) is 34.9 Å². The molecule has 0 unspecified atom stereocenters. The number of hydrogen-bond acceptors (Lipinski definition) is 4. The molecule has 1 aliphatic heterocycles. The number of aryl methyl sites for hydroxylation is 1. The molecule has 1 aromatic carbocycles. The van der Waals surface area contributed by atoms with Crippen LogP contribution in [0.5, 0.6) is 0 Å². The van der Waals surface area contributed by atoms with E-state index in [0.29, 0.717) is 19.6 Å². The minimum atomic E-state index is -0.430. The van der Waals surface area contributed by atoms with Crippen molar-refractivity contribution < 1.29 is 13.7 Å². The molecule has 1 saturated heterocycles. The Morgan fingerprint density at radius 3 is 2.70 bits per heavy atom. The molecule has 2 aromatic rings. The molecule has 1 fully saturated rings. The molecule has 1 aliphatic rings. The Morgan fingerprint density at radius 2 is 2.04 bits per heavy atom. The first-order chi connectivity index (χ1) is 11.1. The Balaban J connectivity index is 1.50. The molecular weight excluding hydrogens is 299 g/mol. The van der Waals surface area contributed by atoms with Crippen molar-refractivity contribution in [1.29, 1.82) is 0 Å². The number of carbonyl (C=O) groups excluding carboxylic acids is 1. The molecule has 1 aromatic heterocycles. The number of nitrogens with one attached hydrogen (secondary N) is 1. The monoisotopic (exact) mass is 318 g/mol. The summed E-state index contributed by atoms with van der Waals surface area (Å²) in [5, 5.41) is 6.59. The predicted molar refractivity (Wildman–Crippen MR) is 83.5 cm³/mol. The van der Waals surface area contributed by atoms with Crippen LogP contribution in [-0.4, -0.2) is 47.2 Å². The van der Waals surface area contributed by atoms with Crippen LogP contribution in [0.1, 0.15) is 11.5 Å². The summed E-state index contributed by atoms with van der Waals surface area (Å²) < 4.78 is 18.6. The van der Waals surface area contributed by atoms with Gasteiger partial charge in [0.2, 0.25) is 0 Å². The van der Waals surface area contributed by atoms with Crippen molar-refractivity contribution in [2.24, 2.45) is 0 Å². The number of benzene rings is 1. The van der Waals surface area contributed by atoms with Crippen molar-refractivity contribution in [3.8, 4) is 0 Å². The largest absolute Gasteiger partial charge is 0.361 e. The lowest BCUT2D eigenvalue weighted by Gasteiger charge is -2.34. The molecule has 122 valence electrons. The second kappa shape index (κ2) is 6.78. The molecule has 6 nitrogen and oxygen atoms in total. The van der Waals surface area contributed by atoms with E-state index in [-0.39, 0.29) is 11.7 Å². The van der Waals surface area contributed by atoms with E-state index in [1.807, 2.05) is 13.0 Å². The smallest absolute Gasteiger partial charge is 0.322 e. The highest BCUT2D eigenvalue weighted by molar-refractivity contribution is 5.89. The quantitative estimate of drug-likeness (QED) is 0.944. The van der Waals surface area contributed by atoms with E-state index in [0.717, 1.165) is 24.5 Å². The van der Waals surface area contributed by atoms with Crippen LogP contribution in [0.4, 0.5) is 14.9 Å². The van der Waals surface area contributed by atoms with Gasteiger partial charge < -0.3 is 14.7 Å². The third-order valence-corrected chi connectivity index (χ3v) is 3.84. The zero-order valence-electron chi connectivity index (χ0n) is 13.0. The van der Waals surface area contributed by atoms with Crippen molar-refractivity contribution in [2.75, 3.05) is 31.5 Å². The lowest BCUT2D eigenvalue weighted by atomic mass is 10.3. The summed E-state index contributed by atoms with van der Waals surface area (Å²) in [6.45, 7) is 5.25. The second-order valence-electron chi connectivity index (χ2n) is 5.60. The fourth-order valence-corrected chi connectivity index (χ4v) is 2.59. The maximum Gasteiger partial charge on any atom is 0.322 e. The number of carbonyl (C=O) groups is 1. The molecule has 0 atom stereocenters. The van der Waals surface area contributed by atoms with Crippen molar-refractivity contribution in [2.45, 2.75) is 13.5 Å². The van der Waals surface area contributed by atoms with Gasteiger partial charge in [0, 0.05) is 38.8 Å². The number of anilines is 1. The fraction of sp³-hybridized carbons (Fsp3) is 0.375. The number of rotatable bonds is 3. The fourth-order valence-electron chi connectivity index (χ4n) is 2.59. The van der Waals surface area contributed by atoms with Crippen LogP contribution in [0.25, 0.3) is 0 Å². The van der Waals surface area contributed by atoms with Crippen LogP contribution in [0.3, 0.4) is 0 Å². The number of halogens is 1. The van der Waals surface area contributed by atoms with Crippen molar-refractivity contribution in [1.82, 2.24) is 15.0 Å². The van der Waals surface area contributed by atoms with Gasteiger partial charge in [-0.05, 0) is 19.1 Å². The van der Waals surface area contributed by atoms with Crippen LogP contribution in [0.2, 0.25) is 0 Å². The van der Waals surface area contributed by atoms with Gasteiger partial charge in [-0.15, -0.1) is 0 Å². The first-order valence-electron chi connectivity index (χ1n) is 7.57. The van der Waals surface area contributed by atoms with Gasteiger partial charge in [-0.2, -0.15) is 0 Å². The molecular formula is C16H19FN4O2. The Labute approximate surface area is 133 Å². The predicted octanol–water partition coefficient (Wildman–Crippen LogP) is 2.47. The van der Waals surface area contributed by atoms with E-state index in [2.05, 4.69) is 15.4 Å². The Hall–Kier alpha value is -2.41. The number of aromatic nitrogens is 1. The summed E-state index contributed by atoms with van der Waals surface area (Å²) in [6, 6.07) is 7.81. The standard InChI is InChI=1S/C16H19FN4O2/c1-12-10-13(19-23-12)11-20-6-8-21(9-7-20)16(22)18-15-5-3-2-4-14(15)17/h2-5,10H,6-9,11H2,1H3,(H,18,22). The number of urea groups is 1. The molecule has 0 radical (unpaired) electrons. The molecule has 1 N–H and O–H groups in total. The lowest BCUT2D eigenvalue weighted by molar-refractivity contribution is 0.141. The number of hydrogen-bond donors (Lipinski definition) is 1. The van der Waals surface area contributed by atoms with Crippen LogP contribution < -0.4 is 5.32 Å². The summed E-state index contributed by atoms with van der Waals surface area (Å²) in [7, 11) is 0. The van der Waals surface area contributed by atoms with Gasteiger partial charge >= 0.3 is 6.03 Å². The molecule has 2 heterocycles. The molecule has 7 heteroatoms. The van der Waals surface area contributed by atoms with Crippen molar-refractivity contribution >= 4 is 11.7 Å². The zero-order chi connectivity index (χ0) is 16.2. The second-order valence-corrected chi connectivity index (χ2v) is 5.60. The summed E-state index contributed by atoms with van der Waals surface area (Å²) in [6.07, 6.45) is 0. The summed E-state index contributed by atoms with van der Waals surface area (Å²) >= 11 is 0. The number of amides is 2. The van der Waals surface area contributed by atoms with Crippen LogP contribution in [-0.2, 0) is 6.54 Å². The first kappa shape index (κ1) is 15.5. The van der Waals surface area contributed by atoms with E-state index >= 15 is 0 Å². The van der Waals surface area contributed by atoms with Gasteiger partial charge in [-0.1, -0.05) is 17.3 Å². The molecule has 2 amide bonds. The van der Waals surface area contributed by atoms with Gasteiger partial charge in [0.05, 0.1) is 11.4 Å². The third-order valence-electron chi connectivity index (χ3n) is 3.84. The van der Waals surface area contributed by atoms with Crippen LogP contribution >= 0.6 is 0 Å². The Bertz CT molecular complexity index is 680. The van der Waals surface area contributed by atoms with E-state index in [4.69, 9.17) is 4.52 Å². The first-order valence-corrected chi connectivity index (χ1v) is 7.57. The topological polar surface area (TPSA) is 61.6 Å². The molecule has 0 bridgehead atoms. The highest BCUT2D eigenvalue weighted by Gasteiger charge is 2.22. The molecule has 23 heavy (non-hydrogen) atoms. The Morgan fingerprint density at radius 1 is 1.30 bits per heavy atom. The van der Waals surface area contributed by atoms with Gasteiger partial charge in [0.15, 0.2) is 0 Å². The maximum atomic E-state index is 13.6. The SMILES string of the molecule is Cc1cc(CN2CCN(C(=O)Nc3ccccc3F)CC2)no1. The van der Waals surface area contributed by atoms with Gasteiger partial charge in [0.1, 0.15) is 11.6 Å². The molecule has 0 aliphatic carbocycles. The van der Waals surface area contributed by atoms with E-state index in [1.54, 1.807) is 23.1 Å². The van der Waals surface area contributed by atoms with E-state index in [9.17, 15) is 9.18 Å². The molecule has 0 saturated carbocycles.